The Bertz CT molecular complexity index is 528. The Labute approximate surface area is 112 Å². The molecule has 7 heteroatoms. The van der Waals surface area contributed by atoms with Crippen LogP contribution in [0.25, 0.3) is 0 Å². The van der Waals surface area contributed by atoms with Gasteiger partial charge in [0.2, 0.25) is 0 Å². The maximum atomic E-state index is 11.9. The van der Waals surface area contributed by atoms with Gasteiger partial charge >= 0.3 is 5.97 Å². The maximum absolute atomic E-state index is 11.9. The minimum absolute atomic E-state index is 0.0612. The summed E-state index contributed by atoms with van der Waals surface area (Å²) < 4.78 is 23.7. The molecule has 0 heterocycles. The number of sulfonamides is 1. The van der Waals surface area contributed by atoms with Crippen molar-refractivity contribution in [1.82, 2.24) is 10.3 Å². The minimum Gasteiger partial charge on any atom is -0.478 e. The number of rotatable bonds is 8. The van der Waals surface area contributed by atoms with E-state index in [0.717, 1.165) is 25.3 Å². The first-order valence-corrected chi connectivity index (χ1v) is 7.53. The van der Waals surface area contributed by atoms with E-state index in [1.54, 1.807) is 0 Å². The Hall–Kier alpha value is -1.44. The van der Waals surface area contributed by atoms with Crippen molar-refractivity contribution in [2.45, 2.75) is 31.1 Å². The molecule has 106 valence electrons. The van der Waals surface area contributed by atoms with Gasteiger partial charge in [0.25, 0.3) is 10.0 Å². The highest BCUT2D eigenvalue weighted by Crippen LogP contribution is 2.10. The summed E-state index contributed by atoms with van der Waals surface area (Å²) in [5, 5.41) is 8.82. The van der Waals surface area contributed by atoms with E-state index in [2.05, 4.69) is 17.2 Å². The van der Waals surface area contributed by atoms with Gasteiger partial charge in [0.15, 0.2) is 0 Å². The van der Waals surface area contributed by atoms with Gasteiger partial charge in [-0.15, -0.1) is 4.83 Å². The van der Waals surface area contributed by atoms with Crippen LogP contribution >= 0.6 is 0 Å². The van der Waals surface area contributed by atoms with Crippen LogP contribution in [0.1, 0.15) is 36.5 Å². The summed E-state index contributed by atoms with van der Waals surface area (Å²) in [6.07, 6.45) is 2.94. The summed E-state index contributed by atoms with van der Waals surface area (Å²) in [4.78, 5) is 12.9. The van der Waals surface area contributed by atoms with E-state index in [9.17, 15) is 13.2 Å². The lowest BCUT2D eigenvalue weighted by Gasteiger charge is -2.08. The largest absolute Gasteiger partial charge is 0.478 e. The lowest BCUT2D eigenvalue weighted by molar-refractivity contribution is 0.0696. The van der Waals surface area contributed by atoms with Crippen molar-refractivity contribution >= 4 is 16.0 Å². The molecule has 1 rings (SSSR count). The van der Waals surface area contributed by atoms with E-state index < -0.39 is 16.0 Å². The molecule has 0 saturated carbocycles. The standard InChI is InChI=1S/C12H18N2O4S/c1-2-3-4-8-13-14-19(17,18)11-7-5-6-10(9-11)12(15)16/h5-7,9,13-14H,2-4,8H2,1H3,(H,15,16). The first kappa shape index (κ1) is 15.6. The van der Waals surface area contributed by atoms with Crippen molar-refractivity contribution in [2.24, 2.45) is 0 Å². The Morgan fingerprint density at radius 3 is 2.68 bits per heavy atom. The quantitative estimate of drug-likeness (QED) is 0.495. The zero-order valence-electron chi connectivity index (χ0n) is 10.7. The molecule has 0 bridgehead atoms. The molecule has 0 atom stereocenters. The van der Waals surface area contributed by atoms with Crippen LogP contribution in [0.5, 0.6) is 0 Å². The van der Waals surface area contributed by atoms with Gasteiger partial charge in [-0.1, -0.05) is 25.8 Å². The summed E-state index contributed by atoms with van der Waals surface area (Å²) in [5.41, 5.74) is 2.56. The van der Waals surface area contributed by atoms with Gasteiger partial charge in [0.05, 0.1) is 10.5 Å². The molecule has 0 aliphatic carbocycles. The Kier molecular flexibility index (Phi) is 5.94. The van der Waals surface area contributed by atoms with Crippen molar-refractivity contribution in [2.75, 3.05) is 6.54 Å². The van der Waals surface area contributed by atoms with E-state index in [1.807, 2.05) is 0 Å². The summed E-state index contributed by atoms with van der Waals surface area (Å²) in [6.45, 7) is 2.59. The number of carboxylic acids is 1. The molecule has 0 radical (unpaired) electrons. The van der Waals surface area contributed by atoms with Gasteiger partial charge < -0.3 is 5.11 Å². The molecule has 0 amide bonds. The van der Waals surface area contributed by atoms with Gasteiger partial charge in [-0.25, -0.2) is 18.6 Å². The lowest BCUT2D eigenvalue weighted by Crippen LogP contribution is -2.37. The van der Waals surface area contributed by atoms with Crippen LogP contribution in [0.3, 0.4) is 0 Å². The molecule has 1 aromatic rings. The third-order valence-electron chi connectivity index (χ3n) is 2.50. The van der Waals surface area contributed by atoms with Gasteiger partial charge in [0.1, 0.15) is 0 Å². The van der Waals surface area contributed by atoms with Crippen molar-refractivity contribution in [3.63, 3.8) is 0 Å². The number of benzene rings is 1. The van der Waals surface area contributed by atoms with Crippen molar-refractivity contribution in [1.29, 1.82) is 0 Å². The average molecular weight is 286 g/mol. The normalized spacial score (nSPS) is 11.4. The first-order chi connectivity index (χ1) is 8.97. The van der Waals surface area contributed by atoms with E-state index in [4.69, 9.17) is 5.11 Å². The van der Waals surface area contributed by atoms with Crippen LogP contribution in [0.15, 0.2) is 29.2 Å². The number of unbranched alkanes of at least 4 members (excludes halogenated alkanes) is 2. The first-order valence-electron chi connectivity index (χ1n) is 6.05. The molecule has 0 aromatic heterocycles. The third kappa shape index (κ3) is 4.98. The predicted molar refractivity (Wildman–Crippen MR) is 71.3 cm³/mol. The molecule has 0 saturated heterocycles. The zero-order chi connectivity index (χ0) is 14.3. The highest BCUT2D eigenvalue weighted by Gasteiger charge is 2.15. The number of hydrogen-bond acceptors (Lipinski definition) is 4. The SMILES string of the molecule is CCCCCNNS(=O)(=O)c1cccc(C(=O)O)c1. The number of hydrazine groups is 1. The maximum Gasteiger partial charge on any atom is 0.335 e. The van der Waals surface area contributed by atoms with Gasteiger partial charge in [-0.3, -0.25) is 0 Å². The van der Waals surface area contributed by atoms with Gasteiger partial charge in [-0.05, 0) is 24.6 Å². The predicted octanol–water partition coefficient (Wildman–Crippen LogP) is 1.36. The Balaban J connectivity index is 2.66. The molecule has 0 fully saturated rings. The summed E-state index contributed by atoms with van der Waals surface area (Å²) in [5.74, 6) is -1.16. The fraction of sp³-hybridized carbons (Fsp3) is 0.417. The van der Waals surface area contributed by atoms with E-state index >= 15 is 0 Å². The van der Waals surface area contributed by atoms with Crippen molar-refractivity contribution < 1.29 is 18.3 Å². The smallest absolute Gasteiger partial charge is 0.335 e. The number of aromatic carboxylic acids is 1. The number of carboxylic acid groups (broad SMARTS) is 1. The van der Waals surface area contributed by atoms with Crippen LogP contribution in [-0.2, 0) is 10.0 Å². The monoisotopic (exact) mass is 286 g/mol. The lowest BCUT2D eigenvalue weighted by atomic mass is 10.2. The van der Waals surface area contributed by atoms with E-state index in [0.29, 0.717) is 6.54 Å². The summed E-state index contributed by atoms with van der Waals surface area (Å²) in [6, 6.07) is 5.21. The fourth-order valence-electron chi connectivity index (χ4n) is 1.46. The molecule has 3 N–H and O–H groups in total. The summed E-state index contributed by atoms with van der Waals surface area (Å²) in [7, 11) is -3.73. The van der Waals surface area contributed by atoms with Gasteiger partial charge in [0, 0.05) is 6.54 Å². The second-order valence-electron chi connectivity index (χ2n) is 4.07. The fourth-order valence-corrected chi connectivity index (χ4v) is 2.41. The Morgan fingerprint density at radius 1 is 1.32 bits per heavy atom. The molecule has 6 nitrogen and oxygen atoms in total. The number of nitrogens with one attached hydrogen (secondary N) is 2. The van der Waals surface area contributed by atoms with Crippen LogP contribution in [-0.4, -0.2) is 26.0 Å². The molecule has 0 aliphatic rings. The van der Waals surface area contributed by atoms with E-state index in [1.165, 1.54) is 18.2 Å². The van der Waals surface area contributed by atoms with E-state index in [-0.39, 0.29) is 10.5 Å². The Morgan fingerprint density at radius 2 is 2.05 bits per heavy atom. The second kappa shape index (κ2) is 7.22. The molecular formula is C12H18N2O4S. The van der Waals surface area contributed by atoms with Crippen molar-refractivity contribution in [3.05, 3.63) is 29.8 Å². The highest BCUT2D eigenvalue weighted by molar-refractivity contribution is 7.89. The second-order valence-corrected chi connectivity index (χ2v) is 5.75. The third-order valence-corrected chi connectivity index (χ3v) is 3.79. The average Bonchev–Trinajstić information content (AvgIpc) is 2.38. The van der Waals surface area contributed by atoms with Crippen LogP contribution in [0.2, 0.25) is 0 Å². The van der Waals surface area contributed by atoms with Crippen LogP contribution < -0.4 is 10.3 Å². The molecular weight excluding hydrogens is 268 g/mol. The number of hydrogen-bond donors (Lipinski definition) is 3. The molecule has 0 unspecified atom stereocenters. The zero-order valence-corrected chi connectivity index (χ0v) is 11.5. The molecule has 19 heavy (non-hydrogen) atoms. The molecule has 0 aliphatic heterocycles. The highest BCUT2D eigenvalue weighted by atomic mass is 32.2. The minimum atomic E-state index is -3.73. The number of carbonyl (C=O) groups is 1. The molecule has 1 aromatic carbocycles. The van der Waals surface area contributed by atoms with Crippen LogP contribution in [0.4, 0.5) is 0 Å². The van der Waals surface area contributed by atoms with Crippen LogP contribution in [0, 0.1) is 0 Å². The van der Waals surface area contributed by atoms with Crippen molar-refractivity contribution in [3.8, 4) is 0 Å². The summed E-state index contributed by atoms with van der Waals surface area (Å²) >= 11 is 0. The van der Waals surface area contributed by atoms with Gasteiger partial charge in [-0.2, -0.15) is 0 Å². The topological polar surface area (TPSA) is 95.5 Å². The molecule has 0 spiro atoms.